The Morgan fingerprint density at radius 1 is 1.18 bits per heavy atom. The topological polar surface area (TPSA) is 130 Å². The lowest BCUT2D eigenvalue weighted by Gasteiger charge is -2.35. The number of rotatable bonds is 5. The summed E-state index contributed by atoms with van der Waals surface area (Å²) in [5.74, 6) is 0.819. The van der Waals surface area contributed by atoms with Crippen molar-refractivity contribution in [2.45, 2.75) is 25.2 Å². The number of nitrogens with zero attached hydrogens (tertiary/aromatic N) is 6. The molecule has 1 aromatic carbocycles. The summed E-state index contributed by atoms with van der Waals surface area (Å²) in [7, 11) is 1.75. The standard InChI is InChI=1S/C25H24F3N9O2/c1-13(22-29-6-3-7-30-22)31-21-19(24(38)34-17-11-36(2)35-20(17)21)23-32-15-5-4-14(10-16(15)33-23)37-8-9-39-18(12-37)25(26,27)28/h3-7,10-11,13,18,31H,8-9,12H2,1-2H3,(H,32,33)(H,34,38)/t13?,18-/m1/s1. The highest BCUT2D eigenvalue weighted by molar-refractivity contribution is 5.96. The van der Waals surface area contributed by atoms with Crippen molar-refractivity contribution in [1.29, 1.82) is 0 Å². The maximum atomic E-state index is 13.4. The zero-order valence-corrected chi connectivity index (χ0v) is 21.0. The van der Waals surface area contributed by atoms with Crippen molar-refractivity contribution in [1.82, 2.24) is 34.7 Å². The molecule has 0 saturated carbocycles. The number of ether oxygens (including phenoxy) is 1. The first-order valence-corrected chi connectivity index (χ1v) is 12.2. The number of fused-ring (bicyclic) bond motifs is 2. The number of aromatic nitrogens is 7. The average molecular weight is 540 g/mol. The van der Waals surface area contributed by atoms with E-state index in [2.05, 4.69) is 35.3 Å². The van der Waals surface area contributed by atoms with Gasteiger partial charge in [0.1, 0.15) is 22.7 Å². The Morgan fingerprint density at radius 3 is 2.74 bits per heavy atom. The molecule has 39 heavy (non-hydrogen) atoms. The summed E-state index contributed by atoms with van der Waals surface area (Å²) in [5, 5.41) is 7.87. The fraction of sp³-hybridized carbons (Fsp3) is 0.320. The van der Waals surface area contributed by atoms with Crippen LogP contribution in [0.15, 0.2) is 47.7 Å². The zero-order chi connectivity index (χ0) is 27.3. The van der Waals surface area contributed by atoms with Crippen molar-refractivity contribution in [2.24, 2.45) is 7.05 Å². The van der Waals surface area contributed by atoms with Crippen molar-refractivity contribution in [3.8, 4) is 11.4 Å². The molecule has 3 N–H and O–H groups in total. The molecular weight excluding hydrogens is 515 g/mol. The Balaban J connectivity index is 1.41. The van der Waals surface area contributed by atoms with Gasteiger partial charge in [-0.1, -0.05) is 0 Å². The third kappa shape index (κ3) is 4.67. The van der Waals surface area contributed by atoms with Gasteiger partial charge in [0.2, 0.25) is 0 Å². The monoisotopic (exact) mass is 539 g/mol. The second-order valence-corrected chi connectivity index (χ2v) is 9.38. The average Bonchev–Trinajstić information content (AvgIpc) is 3.50. The number of alkyl halides is 3. The molecule has 1 aliphatic heterocycles. The van der Waals surface area contributed by atoms with Gasteiger partial charge in [0.15, 0.2) is 6.10 Å². The lowest BCUT2D eigenvalue weighted by atomic mass is 10.1. The molecule has 202 valence electrons. The summed E-state index contributed by atoms with van der Waals surface area (Å²) in [4.78, 5) is 34.3. The lowest BCUT2D eigenvalue weighted by Crippen LogP contribution is -2.49. The summed E-state index contributed by atoms with van der Waals surface area (Å²) >= 11 is 0. The largest absolute Gasteiger partial charge is 0.416 e. The van der Waals surface area contributed by atoms with Crippen LogP contribution in [0, 0.1) is 0 Å². The molecule has 0 aliphatic carbocycles. The first-order chi connectivity index (χ1) is 18.7. The van der Waals surface area contributed by atoms with E-state index < -0.39 is 12.3 Å². The Kier molecular flexibility index (Phi) is 5.98. The smallest absolute Gasteiger partial charge is 0.373 e. The van der Waals surface area contributed by atoms with Crippen LogP contribution in [0.3, 0.4) is 0 Å². The molecule has 1 saturated heterocycles. The van der Waals surface area contributed by atoms with Gasteiger partial charge in [0, 0.05) is 37.9 Å². The van der Waals surface area contributed by atoms with Gasteiger partial charge in [0.05, 0.1) is 41.4 Å². The van der Waals surface area contributed by atoms with Gasteiger partial charge in [-0.3, -0.25) is 9.48 Å². The second-order valence-electron chi connectivity index (χ2n) is 9.38. The van der Waals surface area contributed by atoms with Gasteiger partial charge in [-0.15, -0.1) is 0 Å². The van der Waals surface area contributed by atoms with Crippen LogP contribution in [0.4, 0.5) is 24.5 Å². The molecule has 0 radical (unpaired) electrons. The summed E-state index contributed by atoms with van der Waals surface area (Å²) in [6.07, 6.45) is -1.32. The number of pyridine rings is 1. The van der Waals surface area contributed by atoms with Crippen LogP contribution < -0.4 is 15.8 Å². The molecule has 5 heterocycles. The van der Waals surface area contributed by atoms with Crippen molar-refractivity contribution in [3.63, 3.8) is 0 Å². The number of nitrogens with one attached hydrogen (secondary N) is 3. The van der Waals surface area contributed by atoms with Crippen LogP contribution in [-0.4, -0.2) is 66.7 Å². The number of imidazole rings is 1. The third-order valence-corrected chi connectivity index (χ3v) is 6.62. The maximum absolute atomic E-state index is 13.4. The molecule has 1 fully saturated rings. The molecule has 14 heteroatoms. The van der Waals surface area contributed by atoms with E-state index in [9.17, 15) is 18.0 Å². The van der Waals surface area contributed by atoms with E-state index in [0.29, 0.717) is 45.8 Å². The van der Waals surface area contributed by atoms with Crippen molar-refractivity contribution in [3.05, 3.63) is 59.0 Å². The van der Waals surface area contributed by atoms with E-state index in [4.69, 9.17) is 4.74 Å². The number of morpholine rings is 1. The van der Waals surface area contributed by atoms with Gasteiger partial charge in [-0.05, 0) is 31.2 Å². The number of anilines is 2. The van der Waals surface area contributed by atoms with Crippen LogP contribution in [0.1, 0.15) is 18.8 Å². The van der Waals surface area contributed by atoms with E-state index in [0.717, 1.165) is 0 Å². The molecule has 1 unspecified atom stereocenters. The summed E-state index contributed by atoms with van der Waals surface area (Å²) in [5.41, 5.74) is 3.10. The number of hydrogen-bond donors (Lipinski definition) is 3. The number of aryl methyl sites for hydroxylation is 1. The Hall–Kier alpha value is -4.46. The number of aromatic amines is 2. The van der Waals surface area contributed by atoms with Crippen LogP contribution in [0.2, 0.25) is 0 Å². The molecule has 6 rings (SSSR count). The molecular formula is C25H24F3N9O2. The normalized spacial score (nSPS) is 17.2. The molecule has 0 amide bonds. The predicted molar refractivity (Wildman–Crippen MR) is 139 cm³/mol. The maximum Gasteiger partial charge on any atom is 0.416 e. The predicted octanol–water partition coefficient (Wildman–Crippen LogP) is 3.54. The molecule has 0 bridgehead atoms. The summed E-state index contributed by atoms with van der Waals surface area (Å²) < 4.78 is 46.2. The molecule has 2 atom stereocenters. The van der Waals surface area contributed by atoms with Crippen LogP contribution >= 0.6 is 0 Å². The van der Waals surface area contributed by atoms with Crippen molar-refractivity contribution in [2.75, 3.05) is 29.9 Å². The van der Waals surface area contributed by atoms with Crippen molar-refractivity contribution < 1.29 is 17.9 Å². The first kappa shape index (κ1) is 24.9. The summed E-state index contributed by atoms with van der Waals surface area (Å²) in [6.45, 7) is 1.85. The van der Waals surface area contributed by atoms with E-state index in [1.165, 1.54) is 0 Å². The molecule has 5 aromatic rings. The highest BCUT2D eigenvalue weighted by atomic mass is 19.4. The SMILES string of the molecule is CC(Nc1c(-c2nc3ccc(N4CCO[C@@H](C(F)(F)F)C4)cc3[nH]2)c(=O)[nH]c2cn(C)nc12)c1ncccn1. The van der Waals surface area contributed by atoms with Crippen molar-refractivity contribution >= 4 is 33.4 Å². The highest BCUT2D eigenvalue weighted by Gasteiger charge is 2.43. The van der Waals surface area contributed by atoms with Crippen LogP contribution in [0.5, 0.6) is 0 Å². The van der Waals surface area contributed by atoms with Gasteiger partial charge in [-0.25, -0.2) is 15.0 Å². The Morgan fingerprint density at radius 2 is 1.97 bits per heavy atom. The number of benzene rings is 1. The number of H-pyrrole nitrogens is 2. The van der Waals surface area contributed by atoms with E-state index in [1.807, 2.05) is 6.92 Å². The fourth-order valence-electron chi connectivity index (χ4n) is 4.76. The third-order valence-electron chi connectivity index (χ3n) is 6.62. The minimum absolute atomic E-state index is 0.0335. The molecule has 11 nitrogen and oxygen atoms in total. The van der Waals surface area contributed by atoms with E-state index in [-0.39, 0.29) is 36.1 Å². The number of hydrogen-bond acceptors (Lipinski definition) is 8. The highest BCUT2D eigenvalue weighted by Crippen LogP contribution is 2.34. The van der Waals surface area contributed by atoms with Gasteiger partial charge < -0.3 is 24.9 Å². The van der Waals surface area contributed by atoms with Gasteiger partial charge >= 0.3 is 6.18 Å². The quantitative estimate of drug-likeness (QED) is 0.309. The fourth-order valence-corrected chi connectivity index (χ4v) is 4.76. The van der Waals surface area contributed by atoms with Gasteiger partial charge in [-0.2, -0.15) is 18.3 Å². The molecule has 4 aromatic heterocycles. The van der Waals surface area contributed by atoms with Crippen LogP contribution in [0.25, 0.3) is 33.5 Å². The minimum atomic E-state index is -4.44. The molecule has 1 aliphatic rings. The molecule has 0 spiro atoms. The zero-order valence-electron chi connectivity index (χ0n) is 21.0. The lowest BCUT2D eigenvalue weighted by molar-refractivity contribution is -0.221. The minimum Gasteiger partial charge on any atom is -0.373 e. The summed E-state index contributed by atoms with van der Waals surface area (Å²) in [6, 6.07) is 6.51. The van der Waals surface area contributed by atoms with Gasteiger partial charge in [0.25, 0.3) is 5.56 Å². The first-order valence-electron chi connectivity index (χ1n) is 12.2. The number of halogens is 3. The van der Waals surface area contributed by atoms with E-state index in [1.54, 1.807) is 59.5 Å². The second kappa shape index (κ2) is 9.38. The van der Waals surface area contributed by atoms with E-state index >= 15 is 0 Å². The van der Waals surface area contributed by atoms with Crippen LogP contribution in [-0.2, 0) is 11.8 Å². The Labute approximate surface area is 219 Å². The Bertz CT molecular complexity index is 1710.